The Hall–Kier alpha value is -1.35. The van der Waals surface area contributed by atoms with E-state index in [2.05, 4.69) is 43.0 Å². The minimum atomic E-state index is -0.649. The summed E-state index contributed by atoms with van der Waals surface area (Å²) >= 11 is 0. The molecule has 0 aliphatic carbocycles. The molecule has 1 saturated heterocycles. The van der Waals surface area contributed by atoms with Crippen molar-refractivity contribution in [2.75, 3.05) is 19.6 Å². The van der Waals surface area contributed by atoms with Gasteiger partial charge in [-0.05, 0) is 23.8 Å². The van der Waals surface area contributed by atoms with Crippen LogP contribution in [-0.2, 0) is 4.79 Å². The van der Waals surface area contributed by atoms with Crippen LogP contribution in [0.1, 0.15) is 31.7 Å². The van der Waals surface area contributed by atoms with E-state index in [1.165, 1.54) is 5.56 Å². The third-order valence-corrected chi connectivity index (χ3v) is 3.99. The number of carbonyl (C=O) groups is 1. The van der Waals surface area contributed by atoms with Crippen molar-refractivity contribution in [1.82, 2.24) is 4.90 Å². The van der Waals surface area contributed by atoms with Crippen LogP contribution in [0.3, 0.4) is 0 Å². The summed E-state index contributed by atoms with van der Waals surface area (Å²) < 4.78 is 0. The number of rotatable bonds is 4. The minimum Gasteiger partial charge on any atom is -0.481 e. The van der Waals surface area contributed by atoms with E-state index >= 15 is 0 Å². The van der Waals surface area contributed by atoms with E-state index < -0.39 is 5.97 Å². The van der Waals surface area contributed by atoms with Gasteiger partial charge >= 0.3 is 5.97 Å². The number of benzene rings is 1. The van der Waals surface area contributed by atoms with Gasteiger partial charge < -0.3 is 10.0 Å². The van der Waals surface area contributed by atoms with Crippen LogP contribution in [-0.4, -0.2) is 35.6 Å². The predicted molar refractivity (Wildman–Crippen MR) is 76.2 cm³/mol. The lowest BCUT2D eigenvalue weighted by Gasteiger charge is -2.36. The molecule has 1 N–H and O–H groups in total. The Morgan fingerprint density at radius 3 is 2.68 bits per heavy atom. The summed E-state index contributed by atoms with van der Waals surface area (Å²) in [5.41, 5.74) is 1.33. The molecule has 104 valence electrons. The molecule has 3 heteroatoms. The molecule has 0 amide bonds. The predicted octanol–water partition coefficient (Wildman–Crippen LogP) is 2.83. The number of nitrogens with zero attached hydrogens (tertiary/aromatic N) is 1. The summed E-state index contributed by atoms with van der Waals surface area (Å²) in [6.07, 6.45) is 0.811. The zero-order chi connectivity index (χ0) is 13.8. The van der Waals surface area contributed by atoms with Crippen molar-refractivity contribution < 1.29 is 9.90 Å². The van der Waals surface area contributed by atoms with Gasteiger partial charge in [0, 0.05) is 19.6 Å². The number of carboxylic acid groups (broad SMARTS) is 1. The van der Waals surface area contributed by atoms with Crippen LogP contribution in [0, 0.1) is 11.8 Å². The molecule has 3 atom stereocenters. The van der Waals surface area contributed by atoms with Crippen molar-refractivity contribution in [3.63, 3.8) is 0 Å². The molecule has 1 aliphatic heterocycles. The van der Waals surface area contributed by atoms with Crippen LogP contribution in [0.25, 0.3) is 0 Å². The van der Waals surface area contributed by atoms with E-state index in [4.69, 9.17) is 0 Å². The lowest BCUT2D eigenvalue weighted by molar-refractivity contribution is -0.144. The van der Waals surface area contributed by atoms with Crippen molar-refractivity contribution in [1.29, 1.82) is 0 Å². The molecule has 1 heterocycles. The number of hydrogen-bond acceptors (Lipinski definition) is 2. The highest BCUT2D eigenvalue weighted by Gasteiger charge is 2.29. The summed E-state index contributed by atoms with van der Waals surface area (Å²) in [4.78, 5) is 13.5. The highest BCUT2D eigenvalue weighted by Crippen LogP contribution is 2.24. The van der Waals surface area contributed by atoms with Gasteiger partial charge in [0.15, 0.2) is 0 Å². The van der Waals surface area contributed by atoms with Crippen LogP contribution in [0.4, 0.5) is 0 Å². The maximum Gasteiger partial charge on any atom is 0.307 e. The van der Waals surface area contributed by atoms with Crippen LogP contribution >= 0.6 is 0 Å². The van der Waals surface area contributed by atoms with E-state index in [0.717, 1.165) is 19.5 Å². The smallest absolute Gasteiger partial charge is 0.307 e. The molecule has 0 spiro atoms. The highest BCUT2D eigenvalue weighted by molar-refractivity contribution is 5.70. The fourth-order valence-corrected chi connectivity index (χ4v) is 3.06. The second kappa shape index (κ2) is 6.20. The van der Waals surface area contributed by atoms with E-state index in [1.807, 2.05) is 6.07 Å². The summed E-state index contributed by atoms with van der Waals surface area (Å²) in [6, 6.07) is 10.4. The largest absolute Gasteiger partial charge is 0.481 e. The Morgan fingerprint density at radius 1 is 1.37 bits per heavy atom. The van der Waals surface area contributed by atoms with Gasteiger partial charge in [0.25, 0.3) is 0 Å². The van der Waals surface area contributed by atoms with Gasteiger partial charge in [-0.1, -0.05) is 44.2 Å². The number of likely N-dealkylation sites (tertiary alicyclic amines) is 1. The van der Waals surface area contributed by atoms with Crippen molar-refractivity contribution in [3.8, 4) is 0 Å². The van der Waals surface area contributed by atoms with E-state index in [-0.39, 0.29) is 5.92 Å². The van der Waals surface area contributed by atoms with Crippen LogP contribution < -0.4 is 0 Å². The van der Waals surface area contributed by atoms with E-state index in [9.17, 15) is 9.90 Å². The Kier molecular flexibility index (Phi) is 4.59. The minimum absolute atomic E-state index is 0.202. The number of hydrogen-bond donors (Lipinski definition) is 1. The molecule has 1 aromatic carbocycles. The first kappa shape index (κ1) is 14.1. The maximum absolute atomic E-state index is 11.2. The lowest BCUT2D eigenvalue weighted by atomic mass is 9.89. The fourth-order valence-electron chi connectivity index (χ4n) is 3.06. The SMILES string of the molecule is CC1CC(C(=O)O)CN(CC(C)c2ccccc2)C1. The van der Waals surface area contributed by atoms with Crippen LogP contribution in [0.2, 0.25) is 0 Å². The highest BCUT2D eigenvalue weighted by atomic mass is 16.4. The lowest BCUT2D eigenvalue weighted by Crippen LogP contribution is -2.43. The summed E-state index contributed by atoms with van der Waals surface area (Å²) in [5.74, 6) is 0.0643. The van der Waals surface area contributed by atoms with E-state index in [1.54, 1.807) is 0 Å². The van der Waals surface area contributed by atoms with Gasteiger partial charge in [-0.2, -0.15) is 0 Å². The molecule has 19 heavy (non-hydrogen) atoms. The van der Waals surface area contributed by atoms with Crippen LogP contribution in [0.15, 0.2) is 30.3 Å². The van der Waals surface area contributed by atoms with Gasteiger partial charge in [0.05, 0.1) is 5.92 Å². The first-order valence-electron chi connectivity index (χ1n) is 7.06. The average molecular weight is 261 g/mol. The molecule has 3 nitrogen and oxygen atoms in total. The molecule has 1 aromatic rings. The molecule has 1 fully saturated rings. The molecule has 2 rings (SSSR count). The van der Waals surface area contributed by atoms with Gasteiger partial charge in [0.1, 0.15) is 0 Å². The normalized spacial score (nSPS) is 26.0. The molecule has 3 unspecified atom stereocenters. The standard InChI is InChI=1S/C16H23NO2/c1-12-8-15(16(18)19)11-17(9-12)10-13(2)14-6-4-3-5-7-14/h3-7,12-13,15H,8-11H2,1-2H3,(H,18,19). The molecular weight excluding hydrogens is 238 g/mol. The Labute approximate surface area is 115 Å². The Balaban J connectivity index is 1.96. The fraction of sp³-hybridized carbons (Fsp3) is 0.562. The van der Waals surface area contributed by atoms with Gasteiger partial charge in [-0.3, -0.25) is 4.79 Å². The summed E-state index contributed by atoms with van der Waals surface area (Å²) in [6.45, 7) is 7.01. The van der Waals surface area contributed by atoms with E-state index in [0.29, 0.717) is 18.4 Å². The second-order valence-corrected chi connectivity index (χ2v) is 5.91. The molecule has 0 saturated carbocycles. The van der Waals surface area contributed by atoms with Crippen LogP contribution in [0.5, 0.6) is 0 Å². The third kappa shape index (κ3) is 3.80. The molecule has 0 radical (unpaired) electrons. The average Bonchev–Trinajstić information content (AvgIpc) is 2.39. The number of piperidine rings is 1. The molecular formula is C16H23NO2. The zero-order valence-corrected chi connectivity index (χ0v) is 11.7. The van der Waals surface area contributed by atoms with Gasteiger partial charge in [0.2, 0.25) is 0 Å². The summed E-state index contributed by atoms with van der Waals surface area (Å²) in [7, 11) is 0. The van der Waals surface area contributed by atoms with Crippen molar-refractivity contribution in [3.05, 3.63) is 35.9 Å². The summed E-state index contributed by atoms with van der Waals surface area (Å²) in [5, 5.41) is 9.20. The van der Waals surface area contributed by atoms with Gasteiger partial charge in [-0.25, -0.2) is 0 Å². The first-order chi connectivity index (χ1) is 9.06. The van der Waals surface area contributed by atoms with Gasteiger partial charge in [-0.15, -0.1) is 0 Å². The molecule has 0 aromatic heterocycles. The molecule has 1 aliphatic rings. The number of aliphatic carboxylic acids is 1. The zero-order valence-electron chi connectivity index (χ0n) is 11.7. The quantitative estimate of drug-likeness (QED) is 0.906. The molecule has 0 bridgehead atoms. The third-order valence-electron chi connectivity index (χ3n) is 3.99. The topological polar surface area (TPSA) is 40.5 Å². The van der Waals surface area contributed by atoms with Crippen molar-refractivity contribution >= 4 is 5.97 Å². The van der Waals surface area contributed by atoms with Crippen molar-refractivity contribution in [2.24, 2.45) is 11.8 Å². The second-order valence-electron chi connectivity index (χ2n) is 5.91. The number of carboxylic acids is 1. The maximum atomic E-state index is 11.2. The van der Waals surface area contributed by atoms with Crippen molar-refractivity contribution in [2.45, 2.75) is 26.2 Å². The monoisotopic (exact) mass is 261 g/mol. The Bertz CT molecular complexity index is 418. The first-order valence-corrected chi connectivity index (χ1v) is 7.06. The Morgan fingerprint density at radius 2 is 2.05 bits per heavy atom.